The van der Waals surface area contributed by atoms with Gasteiger partial charge in [0.05, 0.1) is 11.3 Å². The zero-order valence-corrected chi connectivity index (χ0v) is 13.5. The maximum Gasteiger partial charge on any atom is 0.141 e. The van der Waals surface area contributed by atoms with Crippen LogP contribution in [0.4, 0.5) is 4.39 Å². The molecule has 0 aliphatic heterocycles. The number of fused-ring (bicyclic) bond motifs is 3. The molecule has 1 aromatic heterocycles. The second kappa shape index (κ2) is 5.01. The van der Waals surface area contributed by atoms with E-state index in [1.54, 1.807) is 12.3 Å². The number of nitriles is 1. The minimum atomic E-state index is -0.469. The lowest BCUT2D eigenvalue weighted by Gasteiger charge is -2.24. The topological polar surface area (TPSA) is 36.7 Å². The Morgan fingerprint density at radius 2 is 1.79 bits per heavy atom. The van der Waals surface area contributed by atoms with Crippen molar-refractivity contribution in [2.24, 2.45) is 0 Å². The fourth-order valence-corrected chi connectivity index (χ4v) is 3.72. The zero-order chi connectivity index (χ0) is 16.9. The third kappa shape index (κ3) is 1.90. The highest BCUT2D eigenvalue weighted by molar-refractivity contribution is 5.87. The lowest BCUT2D eigenvalue weighted by Crippen LogP contribution is -2.16. The summed E-state index contributed by atoms with van der Waals surface area (Å²) in [6, 6.07) is 17.0. The molecule has 0 saturated carbocycles. The molecule has 1 aliphatic carbocycles. The minimum absolute atomic E-state index is 0.0917. The van der Waals surface area contributed by atoms with Crippen LogP contribution >= 0.6 is 0 Å². The van der Waals surface area contributed by atoms with Crippen molar-refractivity contribution in [2.45, 2.75) is 19.3 Å². The molecule has 0 bridgehead atoms. The van der Waals surface area contributed by atoms with Crippen LogP contribution in [-0.2, 0) is 5.41 Å². The molecule has 0 fully saturated rings. The van der Waals surface area contributed by atoms with Crippen molar-refractivity contribution < 1.29 is 4.39 Å². The van der Waals surface area contributed by atoms with Gasteiger partial charge in [-0.25, -0.2) is 4.39 Å². The Hall–Kier alpha value is -2.99. The molecule has 3 heteroatoms. The molecular weight excluding hydrogens is 299 g/mol. The van der Waals surface area contributed by atoms with Crippen molar-refractivity contribution in [3.8, 4) is 28.5 Å². The largest absolute Gasteiger partial charge is 0.256 e. The van der Waals surface area contributed by atoms with Crippen LogP contribution < -0.4 is 0 Å². The lowest BCUT2D eigenvalue weighted by molar-refractivity contribution is 0.618. The van der Waals surface area contributed by atoms with Gasteiger partial charge in [-0.2, -0.15) is 5.26 Å². The second-order valence-corrected chi connectivity index (χ2v) is 6.56. The van der Waals surface area contributed by atoms with Crippen LogP contribution in [-0.4, -0.2) is 4.98 Å². The summed E-state index contributed by atoms with van der Waals surface area (Å²) in [5.74, 6) is -0.469. The van der Waals surface area contributed by atoms with Gasteiger partial charge in [0.25, 0.3) is 0 Å². The predicted octanol–water partition coefficient (Wildman–Crippen LogP) is 5.07. The van der Waals surface area contributed by atoms with Crippen molar-refractivity contribution in [3.63, 3.8) is 0 Å². The van der Waals surface area contributed by atoms with Crippen molar-refractivity contribution in [1.82, 2.24) is 4.98 Å². The summed E-state index contributed by atoms with van der Waals surface area (Å²) in [7, 11) is 0. The van der Waals surface area contributed by atoms with Crippen LogP contribution in [0.3, 0.4) is 0 Å². The summed E-state index contributed by atoms with van der Waals surface area (Å²) in [5, 5.41) is 9.17. The van der Waals surface area contributed by atoms with Gasteiger partial charge in [0, 0.05) is 17.2 Å². The second-order valence-electron chi connectivity index (χ2n) is 6.56. The molecule has 24 heavy (non-hydrogen) atoms. The van der Waals surface area contributed by atoms with E-state index in [4.69, 9.17) is 5.26 Å². The number of pyridine rings is 1. The number of halogens is 1. The van der Waals surface area contributed by atoms with Crippen LogP contribution in [0.15, 0.2) is 54.7 Å². The summed E-state index contributed by atoms with van der Waals surface area (Å²) >= 11 is 0. The molecule has 0 unspecified atom stereocenters. The van der Waals surface area contributed by atoms with E-state index in [1.807, 2.05) is 36.4 Å². The van der Waals surface area contributed by atoms with Gasteiger partial charge in [-0.1, -0.05) is 38.1 Å². The quantitative estimate of drug-likeness (QED) is 0.629. The summed E-state index contributed by atoms with van der Waals surface area (Å²) in [6.07, 6.45) is 1.78. The van der Waals surface area contributed by atoms with Crippen LogP contribution in [0.2, 0.25) is 0 Å². The normalized spacial score (nSPS) is 13.9. The van der Waals surface area contributed by atoms with E-state index in [9.17, 15) is 4.39 Å². The molecule has 3 aromatic rings. The highest BCUT2D eigenvalue weighted by Gasteiger charge is 2.38. The number of hydrogen-bond donors (Lipinski definition) is 0. The molecule has 1 aliphatic rings. The number of rotatable bonds is 1. The van der Waals surface area contributed by atoms with Gasteiger partial charge in [0.2, 0.25) is 0 Å². The molecule has 0 N–H and O–H groups in total. The average Bonchev–Trinajstić information content (AvgIpc) is 2.82. The van der Waals surface area contributed by atoms with Crippen molar-refractivity contribution in [1.29, 1.82) is 5.26 Å². The third-order valence-electron chi connectivity index (χ3n) is 4.82. The van der Waals surface area contributed by atoms with E-state index in [2.05, 4.69) is 24.9 Å². The first-order chi connectivity index (χ1) is 11.5. The van der Waals surface area contributed by atoms with E-state index >= 15 is 0 Å². The summed E-state index contributed by atoms with van der Waals surface area (Å²) in [5.41, 5.74) is 5.72. The molecule has 0 atom stereocenters. The SMILES string of the molecule is CC1(C)c2cc(C#N)c(F)cc2-c2cccc(-c3ccccn3)c21. The van der Waals surface area contributed by atoms with Crippen molar-refractivity contribution in [3.05, 3.63) is 77.2 Å². The molecule has 2 nitrogen and oxygen atoms in total. The molecule has 1 heterocycles. The van der Waals surface area contributed by atoms with E-state index in [1.165, 1.54) is 6.07 Å². The fourth-order valence-electron chi connectivity index (χ4n) is 3.72. The Morgan fingerprint density at radius 3 is 2.50 bits per heavy atom. The molecule has 0 spiro atoms. The molecular formula is C21H15FN2. The molecule has 0 saturated heterocycles. The van der Waals surface area contributed by atoms with Gasteiger partial charge in [0.1, 0.15) is 11.9 Å². The molecule has 2 aromatic carbocycles. The summed E-state index contributed by atoms with van der Waals surface area (Å²) in [4.78, 5) is 4.48. The first-order valence-electron chi connectivity index (χ1n) is 7.83. The van der Waals surface area contributed by atoms with Gasteiger partial charge >= 0.3 is 0 Å². The number of aromatic nitrogens is 1. The smallest absolute Gasteiger partial charge is 0.141 e. The minimum Gasteiger partial charge on any atom is -0.256 e. The Labute approximate surface area is 140 Å². The molecule has 0 amide bonds. The standard InChI is InChI=1S/C21H15FN2/c1-21(2)17-10-13(12-23)18(22)11-16(17)14-6-5-7-15(20(14)21)19-8-3-4-9-24-19/h3-11H,1-2H3. The highest BCUT2D eigenvalue weighted by atomic mass is 19.1. The van der Waals surface area contributed by atoms with Crippen LogP contribution in [0.5, 0.6) is 0 Å². The lowest BCUT2D eigenvalue weighted by atomic mass is 9.79. The third-order valence-corrected chi connectivity index (χ3v) is 4.82. The van der Waals surface area contributed by atoms with E-state index in [0.29, 0.717) is 0 Å². The fraction of sp³-hybridized carbons (Fsp3) is 0.143. The van der Waals surface area contributed by atoms with Gasteiger partial charge in [0.15, 0.2) is 0 Å². The summed E-state index contributed by atoms with van der Waals surface area (Å²) < 4.78 is 14.2. The molecule has 116 valence electrons. The zero-order valence-electron chi connectivity index (χ0n) is 13.5. The van der Waals surface area contributed by atoms with Crippen molar-refractivity contribution in [2.75, 3.05) is 0 Å². The maximum atomic E-state index is 14.2. The number of nitrogens with zero attached hydrogens (tertiary/aromatic N) is 2. The van der Waals surface area contributed by atoms with E-state index < -0.39 is 5.82 Å². The monoisotopic (exact) mass is 314 g/mol. The Morgan fingerprint density at radius 1 is 1.00 bits per heavy atom. The van der Waals surface area contributed by atoms with Gasteiger partial charge < -0.3 is 0 Å². The van der Waals surface area contributed by atoms with Gasteiger partial charge in [-0.3, -0.25) is 4.98 Å². The van der Waals surface area contributed by atoms with E-state index in [-0.39, 0.29) is 11.0 Å². The van der Waals surface area contributed by atoms with E-state index in [0.717, 1.165) is 33.5 Å². The molecule has 0 radical (unpaired) electrons. The Bertz CT molecular complexity index is 998. The Kier molecular flexibility index (Phi) is 3.04. The average molecular weight is 314 g/mol. The van der Waals surface area contributed by atoms with Gasteiger partial charge in [-0.05, 0) is 46.5 Å². The Balaban J connectivity index is 2.05. The summed E-state index contributed by atoms with van der Waals surface area (Å²) in [6.45, 7) is 4.23. The molecule has 4 rings (SSSR count). The first kappa shape index (κ1) is 14.6. The van der Waals surface area contributed by atoms with Crippen LogP contribution in [0.1, 0.15) is 30.5 Å². The first-order valence-corrected chi connectivity index (χ1v) is 7.83. The maximum absolute atomic E-state index is 14.2. The van der Waals surface area contributed by atoms with Crippen LogP contribution in [0, 0.1) is 17.1 Å². The van der Waals surface area contributed by atoms with Crippen molar-refractivity contribution >= 4 is 0 Å². The van der Waals surface area contributed by atoms with Crippen LogP contribution in [0.25, 0.3) is 22.4 Å². The highest BCUT2D eigenvalue weighted by Crippen LogP contribution is 2.52. The predicted molar refractivity (Wildman–Crippen MR) is 91.9 cm³/mol. The number of hydrogen-bond acceptors (Lipinski definition) is 2. The van der Waals surface area contributed by atoms with Gasteiger partial charge in [-0.15, -0.1) is 0 Å². The number of benzene rings is 2.